The minimum Gasteiger partial charge on any atom is -0.294 e. The molecule has 0 aromatic heterocycles. The summed E-state index contributed by atoms with van der Waals surface area (Å²) >= 11 is 6.08. The van der Waals surface area contributed by atoms with Crippen LogP contribution in [0.2, 0.25) is 5.02 Å². The first-order valence-corrected chi connectivity index (χ1v) is 6.44. The number of hydrogen-bond donors (Lipinski definition) is 0. The maximum absolute atomic E-state index is 12.3. The van der Waals surface area contributed by atoms with Gasteiger partial charge in [0.05, 0.1) is 0 Å². The Morgan fingerprint density at radius 1 is 1.00 bits per heavy atom. The molecule has 2 heteroatoms. The summed E-state index contributed by atoms with van der Waals surface area (Å²) in [5.74, 6) is 0.126. The molecule has 0 spiro atoms. The summed E-state index contributed by atoms with van der Waals surface area (Å²) in [6, 6.07) is 15.2. The number of hydrogen-bond acceptors (Lipinski definition) is 1. The van der Waals surface area contributed by atoms with Crippen LogP contribution in [0.25, 0.3) is 0 Å². The molecular weight excluding hydrogens is 244 g/mol. The fourth-order valence-electron chi connectivity index (χ4n) is 2.01. The van der Waals surface area contributed by atoms with E-state index in [-0.39, 0.29) is 5.78 Å². The zero-order valence-corrected chi connectivity index (χ0v) is 11.1. The van der Waals surface area contributed by atoms with Crippen molar-refractivity contribution in [1.29, 1.82) is 0 Å². The van der Waals surface area contributed by atoms with Crippen molar-refractivity contribution in [2.45, 2.75) is 19.8 Å². The molecule has 0 fully saturated rings. The minimum atomic E-state index is 0.126. The normalized spacial score (nSPS) is 10.3. The van der Waals surface area contributed by atoms with Gasteiger partial charge in [0.1, 0.15) is 0 Å². The van der Waals surface area contributed by atoms with Crippen molar-refractivity contribution in [3.8, 4) is 0 Å². The predicted octanol–water partition coefficient (Wildman–Crippen LogP) is 4.33. The second-order valence-corrected chi connectivity index (χ2v) is 4.61. The van der Waals surface area contributed by atoms with Crippen LogP contribution in [0.15, 0.2) is 48.5 Å². The predicted molar refractivity (Wildman–Crippen MR) is 75.3 cm³/mol. The number of benzene rings is 2. The van der Waals surface area contributed by atoms with Crippen molar-refractivity contribution in [2.75, 3.05) is 0 Å². The standard InChI is InChI=1S/C16H15ClO/c1-2-12-7-3-5-9-14(12)16(18)11-13-8-4-6-10-15(13)17/h3-10H,2,11H2,1H3. The number of halogens is 1. The number of aryl methyl sites for hydroxylation is 1. The lowest BCUT2D eigenvalue weighted by atomic mass is 9.97. The first-order chi connectivity index (χ1) is 8.72. The second kappa shape index (κ2) is 5.83. The molecular formula is C16H15ClO. The van der Waals surface area contributed by atoms with Crippen LogP contribution in [-0.4, -0.2) is 5.78 Å². The molecule has 92 valence electrons. The van der Waals surface area contributed by atoms with Gasteiger partial charge in [0.25, 0.3) is 0 Å². The average molecular weight is 259 g/mol. The third-order valence-corrected chi connectivity index (χ3v) is 3.38. The fourth-order valence-corrected chi connectivity index (χ4v) is 2.21. The van der Waals surface area contributed by atoms with Crippen LogP contribution < -0.4 is 0 Å². The molecule has 0 saturated carbocycles. The molecule has 18 heavy (non-hydrogen) atoms. The lowest BCUT2D eigenvalue weighted by Crippen LogP contribution is -2.07. The number of carbonyl (C=O) groups is 1. The Morgan fingerprint density at radius 2 is 1.61 bits per heavy atom. The van der Waals surface area contributed by atoms with E-state index in [1.165, 1.54) is 0 Å². The van der Waals surface area contributed by atoms with Gasteiger partial charge < -0.3 is 0 Å². The van der Waals surface area contributed by atoms with Crippen LogP contribution in [0.4, 0.5) is 0 Å². The van der Waals surface area contributed by atoms with Crippen molar-refractivity contribution in [2.24, 2.45) is 0 Å². The van der Waals surface area contributed by atoms with Crippen LogP contribution >= 0.6 is 11.6 Å². The van der Waals surface area contributed by atoms with Crippen molar-refractivity contribution < 1.29 is 4.79 Å². The van der Waals surface area contributed by atoms with E-state index in [0.717, 1.165) is 23.1 Å². The highest BCUT2D eigenvalue weighted by Crippen LogP contribution is 2.19. The smallest absolute Gasteiger partial charge is 0.167 e. The van der Waals surface area contributed by atoms with Gasteiger partial charge in [-0.05, 0) is 23.6 Å². The summed E-state index contributed by atoms with van der Waals surface area (Å²) in [5.41, 5.74) is 2.78. The van der Waals surface area contributed by atoms with Crippen LogP contribution in [0, 0.1) is 0 Å². The molecule has 2 aromatic rings. The molecule has 0 aliphatic carbocycles. The Labute approximate surface area is 112 Å². The first-order valence-electron chi connectivity index (χ1n) is 6.07. The summed E-state index contributed by atoms with van der Waals surface area (Å²) in [7, 11) is 0. The minimum absolute atomic E-state index is 0.126. The summed E-state index contributed by atoms with van der Waals surface area (Å²) in [6.45, 7) is 2.06. The van der Waals surface area contributed by atoms with Crippen molar-refractivity contribution in [3.63, 3.8) is 0 Å². The first kappa shape index (κ1) is 12.8. The van der Waals surface area contributed by atoms with Crippen LogP contribution in [-0.2, 0) is 12.8 Å². The molecule has 0 N–H and O–H groups in total. The van der Waals surface area contributed by atoms with E-state index in [0.29, 0.717) is 11.4 Å². The van der Waals surface area contributed by atoms with E-state index < -0.39 is 0 Å². The molecule has 0 atom stereocenters. The lowest BCUT2D eigenvalue weighted by Gasteiger charge is -2.07. The van der Waals surface area contributed by atoms with E-state index in [9.17, 15) is 4.79 Å². The van der Waals surface area contributed by atoms with Crippen LogP contribution in [0.1, 0.15) is 28.4 Å². The summed E-state index contributed by atoms with van der Waals surface area (Å²) in [4.78, 5) is 12.3. The summed E-state index contributed by atoms with van der Waals surface area (Å²) in [5, 5.41) is 0.653. The topological polar surface area (TPSA) is 17.1 Å². The fraction of sp³-hybridized carbons (Fsp3) is 0.188. The van der Waals surface area contributed by atoms with E-state index in [1.54, 1.807) is 0 Å². The molecule has 0 saturated heterocycles. The van der Waals surface area contributed by atoms with E-state index in [4.69, 9.17) is 11.6 Å². The molecule has 1 nitrogen and oxygen atoms in total. The molecule has 0 radical (unpaired) electrons. The monoisotopic (exact) mass is 258 g/mol. The number of Topliss-reactive ketones (excluding diaryl/α,β-unsaturated/α-hetero) is 1. The summed E-state index contributed by atoms with van der Waals surface area (Å²) < 4.78 is 0. The maximum atomic E-state index is 12.3. The van der Waals surface area contributed by atoms with E-state index >= 15 is 0 Å². The Bertz CT molecular complexity index is 561. The van der Waals surface area contributed by atoms with Gasteiger partial charge in [0, 0.05) is 17.0 Å². The third-order valence-electron chi connectivity index (χ3n) is 3.01. The van der Waals surface area contributed by atoms with Gasteiger partial charge in [-0.15, -0.1) is 0 Å². The Balaban J connectivity index is 2.25. The highest BCUT2D eigenvalue weighted by atomic mass is 35.5. The highest BCUT2D eigenvalue weighted by molar-refractivity contribution is 6.31. The molecule has 0 amide bonds. The molecule has 2 rings (SSSR count). The van der Waals surface area contributed by atoms with Crippen molar-refractivity contribution >= 4 is 17.4 Å². The van der Waals surface area contributed by atoms with E-state index in [1.807, 2.05) is 48.5 Å². The Morgan fingerprint density at radius 3 is 2.28 bits per heavy atom. The Hall–Kier alpha value is -1.60. The summed E-state index contributed by atoms with van der Waals surface area (Å²) in [6.07, 6.45) is 1.22. The van der Waals surface area contributed by atoms with Gasteiger partial charge in [-0.1, -0.05) is 61.0 Å². The largest absolute Gasteiger partial charge is 0.294 e. The highest BCUT2D eigenvalue weighted by Gasteiger charge is 2.11. The molecule has 0 unspecified atom stereocenters. The second-order valence-electron chi connectivity index (χ2n) is 4.20. The molecule has 0 aliphatic rings. The third kappa shape index (κ3) is 2.80. The quantitative estimate of drug-likeness (QED) is 0.746. The van der Waals surface area contributed by atoms with Crippen molar-refractivity contribution in [1.82, 2.24) is 0 Å². The molecule has 0 bridgehead atoms. The zero-order valence-electron chi connectivity index (χ0n) is 10.3. The number of carbonyl (C=O) groups excluding carboxylic acids is 1. The van der Waals surface area contributed by atoms with Gasteiger partial charge in [0.2, 0.25) is 0 Å². The maximum Gasteiger partial charge on any atom is 0.167 e. The van der Waals surface area contributed by atoms with Crippen molar-refractivity contribution in [3.05, 3.63) is 70.2 Å². The van der Waals surface area contributed by atoms with Gasteiger partial charge in [0.15, 0.2) is 5.78 Å². The van der Waals surface area contributed by atoms with Crippen LogP contribution in [0.3, 0.4) is 0 Å². The Kier molecular flexibility index (Phi) is 4.16. The zero-order chi connectivity index (χ0) is 13.0. The van der Waals surface area contributed by atoms with Crippen LogP contribution in [0.5, 0.6) is 0 Å². The van der Waals surface area contributed by atoms with Gasteiger partial charge >= 0.3 is 0 Å². The van der Waals surface area contributed by atoms with Gasteiger partial charge in [-0.25, -0.2) is 0 Å². The van der Waals surface area contributed by atoms with Gasteiger partial charge in [-0.3, -0.25) is 4.79 Å². The average Bonchev–Trinajstić information content (AvgIpc) is 2.41. The lowest BCUT2D eigenvalue weighted by molar-refractivity contribution is 0.0992. The molecule has 0 aliphatic heterocycles. The SMILES string of the molecule is CCc1ccccc1C(=O)Cc1ccccc1Cl. The van der Waals surface area contributed by atoms with E-state index in [2.05, 4.69) is 6.92 Å². The van der Waals surface area contributed by atoms with Gasteiger partial charge in [-0.2, -0.15) is 0 Å². The molecule has 0 heterocycles. The number of rotatable bonds is 4. The molecule has 2 aromatic carbocycles. The number of ketones is 1.